The lowest BCUT2D eigenvalue weighted by Gasteiger charge is -2.39. The maximum Gasteiger partial charge on any atom is 0.417 e. The molecule has 0 saturated carbocycles. The van der Waals surface area contributed by atoms with Crippen molar-refractivity contribution >= 4 is 11.6 Å². The van der Waals surface area contributed by atoms with Gasteiger partial charge in [-0.3, -0.25) is 14.9 Å². The largest absolute Gasteiger partial charge is 0.417 e. The number of alkyl halides is 3. The Balaban J connectivity index is 2.23. The van der Waals surface area contributed by atoms with E-state index in [-0.39, 0.29) is 24.3 Å². The lowest BCUT2D eigenvalue weighted by Crippen LogP contribution is -2.54. The Bertz CT molecular complexity index is 637. The molecule has 0 aliphatic carbocycles. The number of carbonyl (C=O) groups excluding carboxylic acids is 1. The van der Waals surface area contributed by atoms with Crippen LogP contribution in [-0.4, -0.2) is 45.7 Å². The standard InChI is InChI=1S/C14H15F3N2O4/c1-9-3-2-4-10(19(22)23)11(9)12(20)18-7-5-13(21,6-8-18)14(15,16)17/h2-4,21H,5-8H2,1H3. The molecule has 1 aromatic carbocycles. The molecule has 1 aliphatic heterocycles. The predicted octanol–water partition coefficient (Wildman–Crippen LogP) is 2.43. The zero-order valence-electron chi connectivity index (χ0n) is 12.3. The molecule has 9 heteroatoms. The average Bonchev–Trinajstić information content (AvgIpc) is 2.46. The molecule has 1 fully saturated rings. The molecule has 1 amide bonds. The lowest BCUT2D eigenvalue weighted by molar-refractivity contribution is -0.385. The number of halogens is 3. The fourth-order valence-corrected chi connectivity index (χ4v) is 2.60. The molecule has 1 aliphatic rings. The van der Waals surface area contributed by atoms with E-state index in [1.807, 2.05) is 0 Å². The van der Waals surface area contributed by atoms with Crippen molar-refractivity contribution < 1.29 is 28.0 Å². The van der Waals surface area contributed by atoms with E-state index in [4.69, 9.17) is 0 Å². The van der Waals surface area contributed by atoms with E-state index in [1.165, 1.54) is 25.1 Å². The Morgan fingerprint density at radius 3 is 2.39 bits per heavy atom. The van der Waals surface area contributed by atoms with E-state index in [1.54, 1.807) is 0 Å². The summed E-state index contributed by atoms with van der Waals surface area (Å²) < 4.78 is 38.3. The molecule has 0 spiro atoms. The third-order valence-electron chi connectivity index (χ3n) is 4.07. The van der Waals surface area contributed by atoms with E-state index in [0.717, 1.165) is 4.90 Å². The summed E-state index contributed by atoms with van der Waals surface area (Å²) in [6, 6.07) is 4.13. The van der Waals surface area contributed by atoms with Crippen LogP contribution in [0.2, 0.25) is 0 Å². The molecule has 1 heterocycles. The van der Waals surface area contributed by atoms with Crippen molar-refractivity contribution in [1.82, 2.24) is 4.90 Å². The van der Waals surface area contributed by atoms with Crippen molar-refractivity contribution in [3.8, 4) is 0 Å². The summed E-state index contributed by atoms with van der Waals surface area (Å²) in [5, 5.41) is 20.6. The monoisotopic (exact) mass is 332 g/mol. The summed E-state index contributed by atoms with van der Waals surface area (Å²) in [4.78, 5) is 23.9. The normalized spacial score (nSPS) is 17.9. The number of aliphatic hydroxyl groups is 1. The smallest absolute Gasteiger partial charge is 0.380 e. The van der Waals surface area contributed by atoms with Crippen molar-refractivity contribution in [2.24, 2.45) is 0 Å². The van der Waals surface area contributed by atoms with Gasteiger partial charge in [-0.2, -0.15) is 13.2 Å². The Labute approximate surface area is 129 Å². The molecular weight excluding hydrogens is 317 g/mol. The van der Waals surface area contributed by atoms with Gasteiger partial charge in [-0.1, -0.05) is 12.1 Å². The van der Waals surface area contributed by atoms with E-state index >= 15 is 0 Å². The Morgan fingerprint density at radius 1 is 1.35 bits per heavy atom. The number of amides is 1. The first-order valence-electron chi connectivity index (χ1n) is 6.89. The third kappa shape index (κ3) is 3.14. The molecule has 6 nitrogen and oxygen atoms in total. The topological polar surface area (TPSA) is 83.7 Å². The van der Waals surface area contributed by atoms with Gasteiger partial charge >= 0.3 is 6.18 Å². The quantitative estimate of drug-likeness (QED) is 0.666. The highest BCUT2D eigenvalue weighted by Gasteiger charge is 2.55. The van der Waals surface area contributed by atoms with E-state index < -0.39 is 35.4 Å². The number of rotatable bonds is 2. The summed E-state index contributed by atoms with van der Waals surface area (Å²) in [5.74, 6) is -0.695. The number of piperidine rings is 1. The number of nitro groups is 1. The van der Waals surface area contributed by atoms with Crippen LogP contribution < -0.4 is 0 Å². The number of carbonyl (C=O) groups is 1. The van der Waals surface area contributed by atoms with Gasteiger partial charge in [0.1, 0.15) is 5.56 Å². The molecule has 0 bridgehead atoms. The Morgan fingerprint density at radius 2 is 1.91 bits per heavy atom. The van der Waals surface area contributed by atoms with Crippen molar-refractivity contribution in [2.45, 2.75) is 31.5 Å². The second kappa shape index (κ2) is 5.80. The highest BCUT2D eigenvalue weighted by Crippen LogP contribution is 2.38. The van der Waals surface area contributed by atoms with Gasteiger partial charge in [0.2, 0.25) is 0 Å². The Hall–Kier alpha value is -2.16. The average molecular weight is 332 g/mol. The first-order valence-corrected chi connectivity index (χ1v) is 6.89. The molecular formula is C14H15F3N2O4. The number of nitrogens with zero attached hydrogens (tertiary/aromatic N) is 2. The number of hydrogen-bond donors (Lipinski definition) is 1. The first-order chi connectivity index (χ1) is 10.6. The minimum atomic E-state index is -4.77. The van der Waals surface area contributed by atoms with Crippen molar-refractivity contribution in [2.75, 3.05) is 13.1 Å². The maximum atomic E-state index is 12.8. The molecule has 2 rings (SSSR count). The van der Waals surface area contributed by atoms with Crippen LogP contribution in [0.3, 0.4) is 0 Å². The lowest BCUT2D eigenvalue weighted by atomic mass is 9.90. The van der Waals surface area contributed by atoms with Gasteiger partial charge in [0.25, 0.3) is 11.6 Å². The number of nitro benzene ring substituents is 1. The van der Waals surface area contributed by atoms with Crippen LogP contribution in [0.15, 0.2) is 18.2 Å². The summed E-state index contributed by atoms with van der Waals surface area (Å²) in [5.41, 5.74) is -2.95. The van der Waals surface area contributed by atoms with Crippen LogP contribution in [0.25, 0.3) is 0 Å². The van der Waals surface area contributed by atoms with Crippen LogP contribution in [0.4, 0.5) is 18.9 Å². The van der Waals surface area contributed by atoms with Crippen molar-refractivity contribution in [3.63, 3.8) is 0 Å². The van der Waals surface area contributed by atoms with Gasteiger partial charge in [0, 0.05) is 32.0 Å². The second-order valence-corrected chi connectivity index (χ2v) is 5.55. The van der Waals surface area contributed by atoms with Crippen LogP contribution in [0.1, 0.15) is 28.8 Å². The van der Waals surface area contributed by atoms with Gasteiger partial charge in [-0.25, -0.2) is 0 Å². The van der Waals surface area contributed by atoms with Crippen molar-refractivity contribution in [3.05, 3.63) is 39.4 Å². The molecule has 1 N–H and O–H groups in total. The number of aryl methyl sites for hydroxylation is 1. The van der Waals surface area contributed by atoms with E-state index in [9.17, 15) is 33.2 Å². The minimum absolute atomic E-state index is 0.130. The SMILES string of the molecule is Cc1cccc([N+](=O)[O-])c1C(=O)N1CCC(O)(C(F)(F)F)CC1. The molecule has 0 atom stereocenters. The van der Waals surface area contributed by atoms with Crippen LogP contribution in [0, 0.1) is 17.0 Å². The van der Waals surface area contributed by atoms with Crippen LogP contribution in [-0.2, 0) is 0 Å². The number of benzene rings is 1. The molecule has 0 aromatic heterocycles. The van der Waals surface area contributed by atoms with E-state index in [2.05, 4.69) is 0 Å². The third-order valence-corrected chi connectivity index (χ3v) is 4.07. The van der Waals surface area contributed by atoms with Gasteiger partial charge in [-0.15, -0.1) is 0 Å². The first kappa shape index (κ1) is 17.2. The fourth-order valence-electron chi connectivity index (χ4n) is 2.60. The van der Waals surface area contributed by atoms with E-state index in [0.29, 0.717) is 5.56 Å². The molecule has 1 aromatic rings. The van der Waals surface area contributed by atoms with Gasteiger partial charge < -0.3 is 10.0 Å². The van der Waals surface area contributed by atoms with Gasteiger partial charge in [0.15, 0.2) is 5.60 Å². The zero-order chi connectivity index (χ0) is 17.4. The fraction of sp³-hybridized carbons (Fsp3) is 0.500. The number of hydrogen-bond acceptors (Lipinski definition) is 4. The molecule has 126 valence electrons. The number of likely N-dealkylation sites (tertiary alicyclic amines) is 1. The molecule has 1 saturated heterocycles. The predicted molar refractivity (Wildman–Crippen MR) is 74.0 cm³/mol. The minimum Gasteiger partial charge on any atom is -0.380 e. The summed E-state index contributed by atoms with van der Waals surface area (Å²) >= 11 is 0. The Kier molecular flexibility index (Phi) is 4.34. The maximum absolute atomic E-state index is 12.8. The van der Waals surface area contributed by atoms with Crippen LogP contribution in [0.5, 0.6) is 0 Å². The highest BCUT2D eigenvalue weighted by molar-refractivity contribution is 5.99. The molecule has 23 heavy (non-hydrogen) atoms. The summed E-state index contributed by atoms with van der Waals surface area (Å²) in [6.45, 7) is 0.886. The molecule has 0 unspecified atom stereocenters. The van der Waals surface area contributed by atoms with Gasteiger partial charge in [-0.05, 0) is 12.5 Å². The van der Waals surface area contributed by atoms with Crippen LogP contribution >= 0.6 is 0 Å². The van der Waals surface area contributed by atoms with Crippen molar-refractivity contribution in [1.29, 1.82) is 0 Å². The highest BCUT2D eigenvalue weighted by atomic mass is 19.4. The summed E-state index contributed by atoms with van der Waals surface area (Å²) in [6.07, 6.45) is -6.07. The second-order valence-electron chi connectivity index (χ2n) is 5.55. The summed E-state index contributed by atoms with van der Waals surface area (Å²) in [7, 11) is 0. The molecule has 0 radical (unpaired) electrons. The zero-order valence-corrected chi connectivity index (χ0v) is 12.3. The van der Waals surface area contributed by atoms with Gasteiger partial charge in [0.05, 0.1) is 4.92 Å².